The lowest BCUT2D eigenvalue weighted by atomic mass is 9.98. The first-order valence-electron chi connectivity index (χ1n) is 3.81. The third-order valence-corrected chi connectivity index (χ3v) is 2.18. The molecule has 1 aliphatic heterocycles. The quantitative estimate of drug-likeness (QED) is 0.586. The summed E-state index contributed by atoms with van der Waals surface area (Å²) in [5.74, 6) is -0.338. The lowest BCUT2D eigenvalue weighted by Crippen LogP contribution is -2.32. The zero-order valence-corrected chi connectivity index (χ0v) is 6.53. The SMILES string of the molecule is C[C@@H]1O[C@H](CO)[C@H](CN)C1F. The first-order valence-corrected chi connectivity index (χ1v) is 3.81. The van der Waals surface area contributed by atoms with Crippen molar-refractivity contribution >= 4 is 0 Å². The number of aliphatic hydroxyl groups excluding tert-OH is 1. The Morgan fingerprint density at radius 1 is 1.64 bits per heavy atom. The highest BCUT2D eigenvalue weighted by Crippen LogP contribution is 2.28. The molecule has 3 nitrogen and oxygen atoms in total. The molecular formula is C7H14FNO2. The van der Waals surface area contributed by atoms with Crippen molar-refractivity contribution in [3.05, 3.63) is 0 Å². The number of hydrogen-bond acceptors (Lipinski definition) is 3. The molecule has 1 unspecified atom stereocenters. The van der Waals surface area contributed by atoms with Crippen LogP contribution in [0.4, 0.5) is 4.39 Å². The number of rotatable bonds is 2. The third kappa shape index (κ3) is 1.52. The lowest BCUT2D eigenvalue weighted by molar-refractivity contribution is 0.00389. The van der Waals surface area contributed by atoms with Crippen molar-refractivity contribution in [1.29, 1.82) is 0 Å². The topological polar surface area (TPSA) is 55.5 Å². The van der Waals surface area contributed by atoms with Crippen LogP contribution in [0.1, 0.15) is 6.92 Å². The van der Waals surface area contributed by atoms with Crippen LogP contribution in [0.2, 0.25) is 0 Å². The number of nitrogens with two attached hydrogens (primary N) is 1. The molecule has 3 N–H and O–H groups in total. The zero-order valence-electron chi connectivity index (χ0n) is 6.53. The van der Waals surface area contributed by atoms with Gasteiger partial charge < -0.3 is 15.6 Å². The monoisotopic (exact) mass is 163 g/mol. The molecule has 0 aromatic heterocycles. The average Bonchev–Trinajstić information content (AvgIpc) is 2.28. The first-order chi connectivity index (χ1) is 5.20. The van der Waals surface area contributed by atoms with Gasteiger partial charge in [-0.3, -0.25) is 0 Å². The minimum absolute atomic E-state index is 0.146. The van der Waals surface area contributed by atoms with Gasteiger partial charge in [-0.15, -0.1) is 0 Å². The number of halogens is 1. The van der Waals surface area contributed by atoms with E-state index in [0.29, 0.717) is 0 Å². The summed E-state index contributed by atoms with van der Waals surface area (Å²) in [6, 6.07) is 0. The molecular weight excluding hydrogens is 149 g/mol. The normalized spacial score (nSPS) is 44.7. The minimum Gasteiger partial charge on any atom is -0.394 e. The molecule has 1 rings (SSSR count). The van der Waals surface area contributed by atoms with Crippen LogP contribution >= 0.6 is 0 Å². The summed E-state index contributed by atoms with van der Waals surface area (Å²) in [6.45, 7) is 1.74. The number of aliphatic hydroxyl groups is 1. The van der Waals surface area contributed by atoms with Crippen molar-refractivity contribution in [3.63, 3.8) is 0 Å². The Hall–Kier alpha value is -0.190. The van der Waals surface area contributed by atoms with Crippen LogP contribution in [-0.4, -0.2) is 36.6 Å². The smallest absolute Gasteiger partial charge is 0.132 e. The summed E-state index contributed by atoms with van der Waals surface area (Å²) in [7, 11) is 0. The second-order valence-corrected chi connectivity index (χ2v) is 2.91. The fourth-order valence-electron chi connectivity index (χ4n) is 1.47. The van der Waals surface area contributed by atoms with E-state index in [1.807, 2.05) is 0 Å². The Balaban J connectivity index is 2.57. The molecule has 0 saturated carbocycles. The van der Waals surface area contributed by atoms with Crippen LogP contribution in [0.15, 0.2) is 0 Å². The molecule has 4 heteroatoms. The van der Waals surface area contributed by atoms with Gasteiger partial charge in [0.15, 0.2) is 0 Å². The zero-order chi connectivity index (χ0) is 8.43. The van der Waals surface area contributed by atoms with Crippen LogP contribution in [-0.2, 0) is 4.74 Å². The van der Waals surface area contributed by atoms with Crippen molar-refractivity contribution in [2.75, 3.05) is 13.2 Å². The highest BCUT2D eigenvalue weighted by Gasteiger charge is 2.41. The highest BCUT2D eigenvalue weighted by atomic mass is 19.1. The van der Waals surface area contributed by atoms with E-state index < -0.39 is 18.4 Å². The van der Waals surface area contributed by atoms with Gasteiger partial charge >= 0.3 is 0 Å². The van der Waals surface area contributed by atoms with E-state index in [1.54, 1.807) is 6.92 Å². The van der Waals surface area contributed by atoms with Crippen molar-refractivity contribution in [2.24, 2.45) is 11.7 Å². The molecule has 0 radical (unpaired) electrons. The summed E-state index contributed by atoms with van der Waals surface area (Å²) in [5, 5.41) is 8.76. The Labute approximate surface area is 65.3 Å². The predicted molar refractivity (Wildman–Crippen MR) is 38.9 cm³/mol. The van der Waals surface area contributed by atoms with Crippen molar-refractivity contribution in [2.45, 2.75) is 25.3 Å². The average molecular weight is 163 g/mol. The van der Waals surface area contributed by atoms with Crippen LogP contribution in [0.3, 0.4) is 0 Å². The molecule has 0 aromatic carbocycles. The van der Waals surface area contributed by atoms with E-state index >= 15 is 0 Å². The Kier molecular flexibility index (Phi) is 2.81. The summed E-state index contributed by atoms with van der Waals surface area (Å²) < 4.78 is 18.2. The standard InChI is InChI=1S/C7H14FNO2/c1-4-7(8)5(2-9)6(3-10)11-4/h4-7,10H,2-3,9H2,1H3/t4-,5-,6+,7?/m0/s1. The molecule has 11 heavy (non-hydrogen) atoms. The minimum atomic E-state index is -1.03. The molecule has 0 amide bonds. The second-order valence-electron chi connectivity index (χ2n) is 2.91. The van der Waals surface area contributed by atoms with E-state index in [0.717, 1.165) is 0 Å². The molecule has 1 saturated heterocycles. The summed E-state index contributed by atoms with van der Waals surface area (Å²) in [5.41, 5.74) is 5.32. The van der Waals surface area contributed by atoms with E-state index in [4.69, 9.17) is 15.6 Å². The maximum Gasteiger partial charge on any atom is 0.132 e. The van der Waals surface area contributed by atoms with E-state index in [1.165, 1.54) is 0 Å². The van der Waals surface area contributed by atoms with Gasteiger partial charge in [-0.25, -0.2) is 4.39 Å². The first kappa shape index (κ1) is 8.90. The fourth-order valence-corrected chi connectivity index (χ4v) is 1.47. The van der Waals surface area contributed by atoms with Gasteiger partial charge in [0.05, 0.1) is 18.8 Å². The molecule has 0 aliphatic carbocycles. The van der Waals surface area contributed by atoms with E-state index in [2.05, 4.69) is 0 Å². The van der Waals surface area contributed by atoms with Gasteiger partial charge in [0.1, 0.15) is 6.17 Å². The van der Waals surface area contributed by atoms with Gasteiger partial charge in [-0.2, -0.15) is 0 Å². The largest absolute Gasteiger partial charge is 0.394 e. The van der Waals surface area contributed by atoms with Gasteiger partial charge in [0, 0.05) is 12.5 Å². The summed E-state index contributed by atoms with van der Waals surface area (Å²) in [6.07, 6.45) is -1.87. The Morgan fingerprint density at radius 2 is 2.27 bits per heavy atom. The van der Waals surface area contributed by atoms with Crippen LogP contribution in [0.25, 0.3) is 0 Å². The Bertz CT molecular complexity index is 134. The number of ether oxygens (including phenoxy) is 1. The lowest BCUT2D eigenvalue weighted by Gasteiger charge is -2.13. The molecule has 66 valence electrons. The van der Waals surface area contributed by atoms with Crippen LogP contribution in [0.5, 0.6) is 0 Å². The summed E-state index contributed by atoms with van der Waals surface area (Å²) >= 11 is 0. The van der Waals surface area contributed by atoms with Gasteiger partial charge in [-0.1, -0.05) is 0 Å². The van der Waals surface area contributed by atoms with Crippen molar-refractivity contribution in [1.82, 2.24) is 0 Å². The van der Waals surface area contributed by atoms with Gasteiger partial charge in [0.25, 0.3) is 0 Å². The molecule has 4 atom stereocenters. The Morgan fingerprint density at radius 3 is 2.64 bits per heavy atom. The van der Waals surface area contributed by atoms with Gasteiger partial charge in [-0.05, 0) is 6.92 Å². The predicted octanol–water partition coefficient (Wildman–Crippen LogP) is -0.321. The summed E-state index contributed by atoms with van der Waals surface area (Å²) in [4.78, 5) is 0. The second kappa shape index (κ2) is 3.47. The van der Waals surface area contributed by atoms with Gasteiger partial charge in [0.2, 0.25) is 0 Å². The molecule has 1 fully saturated rings. The third-order valence-electron chi connectivity index (χ3n) is 2.18. The van der Waals surface area contributed by atoms with Crippen LogP contribution in [0, 0.1) is 5.92 Å². The molecule has 0 spiro atoms. The van der Waals surface area contributed by atoms with E-state index in [9.17, 15) is 4.39 Å². The molecule has 1 aliphatic rings. The number of hydrogen-bond donors (Lipinski definition) is 2. The number of alkyl halides is 1. The van der Waals surface area contributed by atoms with Crippen LogP contribution < -0.4 is 5.73 Å². The maximum absolute atomic E-state index is 13.1. The maximum atomic E-state index is 13.1. The fraction of sp³-hybridized carbons (Fsp3) is 1.00. The van der Waals surface area contributed by atoms with Crippen molar-refractivity contribution < 1.29 is 14.2 Å². The molecule has 0 aromatic rings. The molecule has 1 heterocycles. The molecule has 0 bridgehead atoms. The van der Waals surface area contributed by atoms with Crippen molar-refractivity contribution in [3.8, 4) is 0 Å². The van der Waals surface area contributed by atoms with E-state index in [-0.39, 0.29) is 19.1 Å². The highest BCUT2D eigenvalue weighted by molar-refractivity contribution is 4.88.